The van der Waals surface area contributed by atoms with Gasteiger partial charge in [-0.2, -0.15) is 0 Å². The Balaban J connectivity index is 1.84. The van der Waals surface area contributed by atoms with Crippen molar-refractivity contribution in [1.82, 2.24) is 14.9 Å². The molecular formula is C15H17N3S2. The maximum absolute atomic E-state index is 4.50. The topological polar surface area (TPSA) is 29.9 Å². The molecule has 104 valence electrons. The lowest BCUT2D eigenvalue weighted by Gasteiger charge is -2.17. The summed E-state index contributed by atoms with van der Waals surface area (Å²) in [6.07, 6.45) is 3.85. The summed E-state index contributed by atoms with van der Waals surface area (Å²) in [6.45, 7) is 3.04. The minimum Gasteiger partial charge on any atom is -0.336 e. The van der Waals surface area contributed by atoms with Gasteiger partial charge < -0.3 is 4.57 Å². The number of aromatic nitrogens is 2. The first-order valence-corrected chi connectivity index (χ1v) is 8.28. The minimum atomic E-state index is 0.150. The summed E-state index contributed by atoms with van der Waals surface area (Å²) in [5.74, 6) is 1.06. The van der Waals surface area contributed by atoms with Gasteiger partial charge in [0.2, 0.25) is 0 Å². The lowest BCUT2D eigenvalue weighted by atomic mass is 10.2. The second kappa shape index (κ2) is 5.91. The van der Waals surface area contributed by atoms with Crippen LogP contribution in [0.25, 0.3) is 0 Å². The molecule has 3 aromatic heterocycles. The molecule has 0 fully saturated rings. The number of hydrogen-bond acceptors (Lipinski definition) is 4. The summed E-state index contributed by atoms with van der Waals surface area (Å²) < 4.78 is 2.08. The first kappa shape index (κ1) is 13.5. The van der Waals surface area contributed by atoms with E-state index in [1.807, 2.05) is 19.4 Å². The second-order valence-corrected chi connectivity index (χ2v) is 6.73. The zero-order valence-electron chi connectivity index (χ0n) is 11.5. The fourth-order valence-corrected chi connectivity index (χ4v) is 3.86. The number of nitrogens with zero attached hydrogens (tertiary/aromatic N) is 2. The average molecular weight is 303 g/mol. The third-order valence-corrected chi connectivity index (χ3v) is 5.34. The Morgan fingerprint density at radius 2 is 2.20 bits per heavy atom. The highest BCUT2D eigenvalue weighted by molar-refractivity contribution is 7.10. The fourth-order valence-electron chi connectivity index (χ4n) is 2.21. The molecule has 0 aliphatic rings. The molecule has 0 spiro atoms. The van der Waals surface area contributed by atoms with Crippen LogP contribution in [0.3, 0.4) is 0 Å². The first-order valence-electron chi connectivity index (χ1n) is 6.52. The summed E-state index contributed by atoms with van der Waals surface area (Å²) in [4.78, 5) is 7.19. The molecule has 3 rings (SSSR count). The van der Waals surface area contributed by atoms with Crippen LogP contribution in [-0.4, -0.2) is 9.55 Å². The quantitative estimate of drug-likeness (QED) is 0.778. The Kier molecular flexibility index (Phi) is 4.00. The van der Waals surface area contributed by atoms with Gasteiger partial charge in [0, 0.05) is 35.7 Å². The zero-order chi connectivity index (χ0) is 13.9. The van der Waals surface area contributed by atoms with Crippen LogP contribution in [0, 0.1) is 6.92 Å². The zero-order valence-corrected chi connectivity index (χ0v) is 13.2. The maximum Gasteiger partial charge on any atom is 0.131 e. The highest BCUT2D eigenvalue weighted by Crippen LogP contribution is 2.26. The van der Waals surface area contributed by atoms with Crippen molar-refractivity contribution in [3.63, 3.8) is 0 Å². The van der Waals surface area contributed by atoms with Crippen molar-refractivity contribution in [2.24, 2.45) is 7.05 Å². The summed E-state index contributed by atoms with van der Waals surface area (Å²) in [5, 5.41) is 7.91. The monoisotopic (exact) mass is 303 g/mol. The molecule has 1 atom stereocenters. The molecule has 1 N–H and O–H groups in total. The van der Waals surface area contributed by atoms with Crippen LogP contribution >= 0.6 is 22.7 Å². The maximum atomic E-state index is 4.50. The smallest absolute Gasteiger partial charge is 0.131 e. The molecule has 20 heavy (non-hydrogen) atoms. The molecule has 0 aliphatic carbocycles. The van der Waals surface area contributed by atoms with Crippen molar-refractivity contribution >= 4 is 22.7 Å². The number of hydrogen-bond donors (Lipinski definition) is 1. The Morgan fingerprint density at radius 1 is 1.30 bits per heavy atom. The van der Waals surface area contributed by atoms with E-state index in [1.165, 1.54) is 15.3 Å². The summed E-state index contributed by atoms with van der Waals surface area (Å²) >= 11 is 3.57. The van der Waals surface area contributed by atoms with Gasteiger partial charge in [-0.1, -0.05) is 6.07 Å². The van der Waals surface area contributed by atoms with Gasteiger partial charge >= 0.3 is 0 Å². The van der Waals surface area contributed by atoms with Crippen LogP contribution in [0.1, 0.15) is 27.2 Å². The van der Waals surface area contributed by atoms with Crippen LogP contribution in [0.15, 0.2) is 41.4 Å². The number of rotatable bonds is 5. The van der Waals surface area contributed by atoms with E-state index in [9.17, 15) is 0 Å². The van der Waals surface area contributed by atoms with Crippen LogP contribution < -0.4 is 5.32 Å². The molecule has 0 bridgehead atoms. The fraction of sp³-hybridized carbons (Fsp3) is 0.267. The van der Waals surface area contributed by atoms with Crippen molar-refractivity contribution < 1.29 is 0 Å². The van der Waals surface area contributed by atoms with Gasteiger partial charge in [0.1, 0.15) is 11.9 Å². The van der Waals surface area contributed by atoms with Crippen molar-refractivity contribution in [3.8, 4) is 0 Å². The lowest BCUT2D eigenvalue weighted by Crippen LogP contribution is -2.23. The predicted octanol–water partition coefficient (Wildman–Crippen LogP) is 3.73. The molecule has 0 saturated carbocycles. The van der Waals surface area contributed by atoms with Gasteiger partial charge in [0.15, 0.2) is 0 Å². The SMILES string of the molecule is Cc1ccsc1CNC(c1cccs1)c1nccn1C. The molecular weight excluding hydrogens is 286 g/mol. The molecule has 0 aromatic carbocycles. The van der Waals surface area contributed by atoms with Crippen LogP contribution in [0.5, 0.6) is 0 Å². The summed E-state index contributed by atoms with van der Waals surface area (Å²) in [5.41, 5.74) is 1.35. The number of thiophene rings is 2. The second-order valence-electron chi connectivity index (χ2n) is 4.75. The van der Waals surface area contributed by atoms with Gasteiger partial charge in [-0.3, -0.25) is 5.32 Å². The van der Waals surface area contributed by atoms with E-state index in [4.69, 9.17) is 0 Å². The van der Waals surface area contributed by atoms with Crippen LogP contribution in [0.4, 0.5) is 0 Å². The van der Waals surface area contributed by atoms with E-state index in [2.05, 4.69) is 50.8 Å². The molecule has 0 radical (unpaired) electrons. The van der Waals surface area contributed by atoms with Crippen molar-refractivity contribution in [2.75, 3.05) is 0 Å². The molecule has 3 aromatic rings. The standard InChI is InChI=1S/C15H17N3S2/c1-11-5-9-20-13(11)10-17-14(12-4-3-8-19-12)15-16-6-7-18(15)2/h3-9,14,17H,10H2,1-2H3. The Labute approximate surface area is 126 Å². The van der Waals surface area contributed by atoms with Crippen molar-refractivity contribution in [2.45, 2.75) is 19.5 Å². The Bertz CT molecular complexity index is 667. The normalized spacial score (nSPS) is 12.7. The van der Waals surface area contributed by atoms with E-state index in [1.54, 1.807) is 22.7 Å². The molecule has 5 heteroatoms. The van der Waals surface area contributed by atoms with Gasteiger partial charge in [-0.05, 0) is 35.4 Å². The third kappa shape index (κ3) is 2.70. The van der Waals surface area contributed by atoms with Gasteiger partial charge in [0.05, 0.1) is 0 Å². The van der Waals surface area contributed by atoms with E-state index < -0.39 is 0 Å². The molecule has 0 aliphatic heterocycles. The van der Waals surface area contributed by atoms with E-state index in [-0.39, 0.29) is 6.04 Å². The molecule has 3 nitrogen and oxygen atoms in total. The largest absolute Gasteiger partial charge is 0.336 e. The van der Waals surface area contributed by atoms with Crippen LogP contribution in [-0.2, 0) is 13.6 Å². The van der Waals surface area contributed by atoms with Crippen LogP contribution in [0.2, 0.25) is 0 Å². The minimum absolute atomic E-state index is 0.150. The Hall–Kier alpha value is -1.43. The molecule has 0 saturated heterocycles. The van der Waals surface area contributed by atoms with Gasteiger partial charge in [-0.25, -0.2) is 4.98 Å². The molecule has 1 unspecified atom stereocenters. The Morgan fingerprint density at radius 3 is 2.80 bits per heavy atom. The predicted molar refractivity (Wildman–Crippen MR) is 85.3 cm³/mol. The van der Waals surface area contributed by atoms with Gasteiger partial charge in [0.25, 0.3) is 0 Å². The molecule has 3 heterocycles. The number of nitrogens with one attached hydrogen (secondary N) is 1. The number of aryl methyl sites for hydroxylation is 2. The summed E-state index contributed by atoms with van der Waals surface area (Å²) in [7, 11) is 2.04. The van der Waals surface area contributed by atoms with Crippen molar-refractivity contribution in [1.29, 1.82) is 0 Å². The summed E-state index contributed by atoms with van der Waals surface area (Å²) in [6, 6.07) is 6.58. The average Bonchev–Trinajstić information content (AvgIpc) is 3.15. The van der Waals surface area contributed by atoms with Crippen molar-refractivity contribution in [3.05, 3.63) is 62.5 Å². The van der Waals surface area contributed by atoms with E-state index in [0.717, 1.165) is 12.4 Å². The molecule has 0 amide bonds. The van der Waals surface area contributed by atoms with E-state index >= 15 is 0 Å². The number of imidazole rings is 1. The third-order valence-electron chi connectivity index (χ3n) is 3.38. The highest BCUT2D eigenvalue weighted by atomic mass is 32.1. The first-order chi connectivity index (χ1) is 9.75. The lowest BCUT2D eigenvalue weighted by molar-refractivity contribution is 0.568. The van der Waals surface area contributed by atoms with Gasteiger partial charge in [-0.15, -0.1) is 22.7 Å². The highest BCUT2D eigenvalue weighted by Gasteiger charge is 2.19. The van der Waals surface area contributed by atoms with E-state index in [0.29, 0.717) is 0 Å².